The Morgan fingerprint density at radius 1 is 0.667 bits per heavy atom. The van der Waals surface area contributed by atoms with Crippen molar-refractivity contribution in [2.45, 2.75) is 77.6 Å². The van der Waals surface area contributed by atoms with Crippen LogP contribution in [0.25, 0.3) is 0 Å². The molecule has 0 radical (unpaired) electrons. The summed E-state index contributed by atoms with van der Waals surface area (Å²) in [7, 11) is 4.23. The fourth-order valence-corrected chi connectivity index (χ4v) is 2.15. The lowest BCUT2D eigenvalue weighted by atomic mass is 10.1. The van der Waals surface area contributed by atoms with Gasteiger partial charge >= 0.3 is 0 Å². The Hall–Kier alpha value is -0.300. The molecule has 18 heavy (non-hydrogen) atoms. The van der Waals surface area contributed by atoms with Gasteiger partial charge in [0, 0.05) is 6.54 Å². The highest BCUT2D eigenvalue weighted by Gasteiger charge is 1.91. The maximum atomic E-state index is 2.34. The number of likely N-dealkylation sites (N-methyl/N-ethyl adjacent to an activating group) is 1. The van der Waals surface area contributed by atoms with E-state index in [0.717, 1.165) is 6.54 Å². The Morgan fingerprint density at radius 2 is 1.17 bits per heavy atom. The second-order valence-corrected chi connectivity index (χ2v) is 5.70. The number of allylic oxidation sites excluding steroid dienone is 1. The normalized spacial score (nSPS) is 11.8. The van der Waals surface area contributed by atoms with Crippen LogP contribution in [0.2, 0.25) is 0 Å². The van der Waals surface area contributed by atoms with Crippen LogP contribution in [0.1, 0.15) is 77.6 Å². The third-order valence-electron chi connectivity index (χ3n) is 3.36. The minimum absolute atomic E-state index is 1.08. The molecular weight excluding hydrogens is 218 g/mol. The molecule has 0 heterocycles. The molecule has 108 valence electrons. The Morgan fingerprint density at radius 3 is 1.67 bits per heavy atom. The molecule has 0 aliphatic rings. The molecule has 0 aromatic carbocycles. The van der Waals surface area contributed by atoms with Gasteiger partial charge in [0.15, 0.2) is 0 Å². The Bertz CT molecular complexity index is 172. The van der Waals surface area contributed by atoms with E-state index >= 15 is 0 Å². The summed E-state index contributed by atoms with van der Waals surface area (Å²) in [6.07, 6.45) is 20.2. The number of rotatable bonds is 13. The van der Waals surface area contributed by atoms with E-state index in [1.165, 1.54) is 70.6 Å². The van der Waals surface area contributed by atoms with Crippen LogP contribution in [0.5, 0.6) is 0 Å². The lowest BCUT2D eigenvalue weighted by molar-refractivity contribution is 0.456. The highest BCUT2D eigenvalue weighted by atomic mass is 15.0. The monoisotopic (exact) mass is 253 g/mol. The second-order valence-electron chi connectivity index (χ2n) is 5.70. The van der Waals surface area contributed by atoms with E-state index in [9.17, 15) is 0 Å². The van der Waals surface area contributed by atoms with Crippen LogP contribution in [0, 0.1) is 0 Å². The maximum Gasteiger partial charge on any atom is 0.0157 e. The molecule has 1 heteroatoms. The maximum absolute atomic E-state index is 2.34. The van der Waals surface area contributed by atoms with Crippen molar-refractivity contribution in [3.8, 4) is 0 Å². The van der Waals surface area contributed by atoms with Gasteiger partial charge in [0.05, 0.1) is 0 Å². The van der Waals surface area contributed by atoms with Gasteiger partial charge in [-0.3, -0.25) is 0 Å². The molecular formula is C17H35N. The molecule has 1 nitrogen and oxygen atoms in total. The first-order valence-corrected chi connectivity index (χ1v) is 8.07. The van der Waals surface area contributed by atoms with Gasteiger partial charge in [-0.2, -0.15) is 0 Å². The zero-order valence-electron chi connectivity index (χ0n) is 13.1. The average Bonchev–Trinajstić information content (AvgIpc) is 2.34. The first-order chi connectivity index (χ1) is 8.77. The summed E-state index contributed by atoms with van der Waals surface area (Å²) in [6, 6.07) is 0. The smallest absolute Gasteiger partial charge is 0.0157 e. The van der Waals surface area contributed by atoms with E-state index < -0.39 is 0 Å². The second kappa shape index (κ2) is 14.8. The van der Waals surface area contributed by atoms with Gasteiger partial charge in [0.2, 0.25) is 0 Å². The number of unbranched alkanes of at least 4 members (excludes halogenated alkanes) is 10. The van der Waals surface area contributed by atoms with Crippen molar-refractivity contribution in [2.75, 3.05) is 20.6 Å². The third kappa shape index (κ3) is 15.7. The first kappa shape index (κ1) is 17.7. The van der Waals surface area contributed by atoms with Crippen LogP contribution in [0.4, 0.5) is 0 Å². The van der Waals surface area contributed by atoms with Crippen molar-refractivity contribution < 1.29 is 0 Å². The van der Waals surface area contributed by atoms with Crippen molar-refractivity contribution in [1.82, 2.24) is 4.90 Å². The Kier molecular flexibility index (Phi) is 14.5. The fourth-order valence-electron chi connectivity index (χ4n) is 2.15. The van der Waals surface area contributed by atoms with Crippen LogP contribution in [-0.2, 0) is 0 Å². The molecule has 0 atom stereocenters. The summed E-state index contributed by atoms with van der Waals surface area (Å²) in [4.78, 5) is 2.20. The van der Waals surface area contributed by atoms with Gasteiger partial charge in [0.25, 0.3) is 0 Å². The summed E-state index contributed by atoms with van der Waals surface area (Å²) in [5.41, 5.74) is 0. The van der Waals surface area contributed by atoms with E-state index in [1.54, 1.807) is 0 Å². The van der Waals surface area contributed by atoms with Crippen LogP contribution in [0.15, 0.2) is 12.2 Å². The summed E-state index contributed by atoms with van der Waals surface area (Å²) >= 11 is 0. The number of hydrogen-bond acceptors (Lipinski definition) is 1. The first-order valence-electron chi connectivity index (χ1n) is 8.07. The molecule has 0 spiro atoms. The lowest BCUT2D eigenvalue weighted by Gasteiger charge is -2.03. The molecule has 0 N–H and O–H groups in total. The zero-order valence-corrected chi connectivity index (χ0v) is 13.1. The summed E-state index contributed by atoms with van der Waals surface area (Å²) in [5.74, 6) is 0. The molecule has 0 aliphatic carbocycles. The predicted molar refractivity (Wildman–Crippen MR) is 84.2 cm³/mol. The largest absolute Gasteiger partial charge is 0.306 e. The molecule has 0 fully saturated rings. The molecule has 0 aliphatic heterocycles. The van der Waals surface area contributed by atoms with Gasteiger partial charge in [-0.05, 0) is 26.9 Å². The van der Waals surface area contributed by atoms with Crippen molar-refractivity contribution in [2.24, 2.45) is 0 Å². The van der Waals surface area contributed by atoms with Crippen molar-refractivity contribution >= 4 is 0 Å². The van der Waals surface area contributed by atoms with E-state index in [4.69, 9.17) is 0 Å². The van der Waals surface area contributed by atoms with Gasteiger partial charge in [0.1, 0.15) is 0 Å². The van der Waals surface area contributed by atoms with Crippen molar-refractivity contribution in [3.63, 3.8) is 0 Å². The van der Waals surface area contributed by atoms with Crippen LogP contribution in [-0.4, -0.2) is 25.5 Å². The van der Waals surface area contributed by atoms with E-state index in [2.05, 4.69) is 38.1 Å². The Balaban J connectivity index is 3.01. The zero-order chi connectivity index (χ0) is 13.5. The van der Waals surface area contributed by atoms with Gasteiger partial charge < -0.3 is 4.90 Å². The summed E-state index contributed by atoms with van der Waals surface area (Å²) in [6.45, 7) is 3.37. The minimum Gasteiger partial charge on any atom is -0.306 e. The molecule has 0 bridgehead atoms. The fraction of sp³-hybridized carbons (Fsp3) is 0.882. The van der Waals surface area contributed by atoms with Crippen LogP contribution < -0.4 is 0 Å². The average molecular weight is 253 g/mol. The van der Waals surface area contributed by atoms with Gasteiger partial charge in [-0.15, -0.1) is 0 Å². The van der Waals surface area contributed by atoms with Gasteiger partial charge in [-0.25, -0.2) is 0 Å². The molecule has 0 rings (SSSR count). The predicted octanol–water partition coefficient (Wildman–Crippen LogP) is 5.42. The topological polar surface area (TPSA) is 3.24 Å². The minimum atomic E-state index is 1.08. The molecule has 0 amide bonds. The SMILES string of the molecule is CCCCCCCCCCCCC=CCN(C)C. The highest BCUT2D eigenvalue weighted by molar-refractivity contribution is 4.83. The number of nitrogens with zero attached hydrogens (tertiary/aromatic N) is 1. The quantitative estimate of drug-likeness (QED) is 0.313. The lowest BCUT2D eigenvalue weighted by Crippen LogP contribution is -2.10. The molecule has 0 aromatic rings. The van der Waals surface area contributed by atoms with Gasteiger partial charge in [-0.1, -0.05) is 76.9 Å². The highest BCUT2D eigenvalue weighted by Crippen LogP contribution is 2.11. The van der Waals surface area contributed by atoms with Crippen molar-refractivity contribution in [1.29, 1.82) is 0 Å². The third-order valence-corrected chi connectivity index (χ3v) is 3.36. The van der Waals surface area contributed by atoms with E-state index in [-0.39, 0.29) is 0 Å². The summed E-state index contributed by atoms with van der Waals surface area (Å²) in [5, 5.41) is 0. The summed E-state index contributed by atoms with van der Waals surface area (Å²) < 4.78 is 0. The number of hydrogen-bond donors (Lipinski definition) is 0. The van der Waals surface area contributed by atoms with Crippen LogP contribution >= 0.6 is 0 Å². The van der Waals surface area contributed by atoms with Crippen molar-refractivity contribution in [3.05, 3.63) is 12.2 Å². The Labute approximate surface area is 116 Å². The van der Waals surface area contributed by atoms with E-state index in [0.29, 0.717) is 0 Å². The molecule has 0 aromatic heterocycles. The standard InChI is InChI=1S/C17H35N/c1-4-5-6-7-8-9-10-11-12-13-14-15-16-17-18(2)3/h15-16H,4-14,17H2,1-3H3. The van der Waals surface area contributed by atoms with Crippen LogP contribution in [0.3, 0.4) is 0 Å². The molecule has 0 saturated carbocycles. The molecule has 0 unspecified atom stereocenters. The molecule has 0 saturated heterocycles. The van der Waals surface area contributed by atoms with E-state index in [1.807, 2.05) is 0 Å².